The molecule has 2 heteroatoms. The van der Waals surface area contributed by atoms with Gasteiger partial charge in [-0.15, -0.1) is 6.42 Å². The Morgan fingerprint density at radius 1 is 1.57 bits per heavy atom. The number of hydrogen-bond acceptors (Lipinski definition) is 2. The second-order valence-electron chi connectivity index (χ2n) is 3.52. The highest BCUT2D eigenvalue weighted by Gasteiger charge is 2.23. The Balaban J connectivity index is 2.23. The van der Waals surface area contributed by atoms with Crippen molar-refractivity contribution < 1.29 is 5.11 Å². The maximum absolute atomic E-state index is 9.61. The summed E-state index contributed by atoms with van der Waals surface area (Å²) in [5, 5.41) is 12.9. The van der Waals surface area contributed by atoms with E-state index in [9.17, 15) is 5.11 Å². The molecule has 0 unspecified atom stereocenters. The first kappa shape index (κ1) is 9.11. The van der Waals surface area contributed by atoms with Crippen molar-refractivity contribution in [3.8, 4) is 18.1 Å². The van der Waals surface area contributed by atoms with Crippen LogP contribution in [0.2, 0.25) is 0 Å². The van der Waals surface area contributed by atoms with E-state index in [1.807, 2.05) is 6.07 Å². The van der Waals surface area contributed by atoms with Crippen LogP contribution < -0.4 is 5.32 Å². The van der Waals surface area contributed by atoms with Crippen LogP contribution in [0.1, 0.15) is 23.6 Å². The summed E-state index contributed by atoms with van der Waals surface area (Å²) in [6.45, 7) is 0.583. The summed E-state index contributed by atoms with van der Waals surface area (Å²) in [4.78, 5) is 0. The van der Waals surface area contributed by atoms with Gasteiger partial charge in [-0.2, -0.15) is 0 Å². The minimum atomic E-state index is 0.313. The molecule has 0 aliphatic heterocycles. The Labute approximate surface area is 84.0 Å². The zero-order valence-corrected chi connectivity index (χ0v) is 7.96. The molecule has 0 bridgehead atoms. The lowest BCUT2D eigenvalue weighted by Crippen LogP contribution is -2.19. The second kappa shape index (κ2) is 3.73. The van der Waals surface area contributed by atoms with Gasteiger partial charge >= 0.3 is 0 Å². The fourth-order valence-electron chi connectivity index (χ4n) is 2.03. The number of nitrogens with one attached hydrogen (secondary N) is 1. The standard InChI is InChI=1S/C12H13NO/c1-2-8-13-11-7-6-10-9(11)4-3-5-12(10)14/h1,3-5,11,13-14H,6-8H2/t11-/m1/s1. The van der Waals surface area contributed by atoms with Crippen molar-refractivity contribution in [2.24, 2.45) is 0 Å². The molecule has 2 N–H and O–H groups in total. The third kappa shape index (κ3) is 1.47. The van der Waals surface area contributed by atoms with E-state index in [1.165, 1.54) is 5.56 Å². The zero-order valence-electron chi connectivity index (χ0n) is 7.96. The zero-order chi connectivity index (χ0) is 9.97. The van der Waals surface area contributed by atoms with E-state index in [0.717, 1.165) is 18.4 Å². The normalized spacial score (nSPS) is 18.9. The van der Waals surface area contributed by atoms with Crippen LogP contribution in [-0.2, 0) is 6.42 Å². The number of hydrogen-bond donors (Lipinski definition) is 2. The van der Waals surface area contributed by atoms with Crippen LogP contribution in [-0.4, -0.2) is 11.7 Å². The molecule has 0 saturated carbocycles. The van der Waals surface area contributed by atoms with Gasteiger partial charge in [0, 0.05) is 6.04 Å². The fraction of sp³-hybridized carbons (Fsp3) is 0.333. The minimum Gasteiger partial charge on any atom is -0.508 e. The lowest BCUT2D eigenvalue weighted by molar-refractivity contribution is 0.469. The van der Waals surface area contributed by atoms with Crippen LogP contribution in [0.5, 0.6) is 5.75 Å². The highest BCUT2D eigenvalue weighted by atomic mass is 16.3. The quantitative estimate of drug-likeness (QED) is 0.689. The largest absolute Gasteiger partial charge is 0.508 e. The molecule has 1 aliphatic rings. The number of terminal acetylenes is 1. The molecule has 0 heterocycles. The SMILES string of the molecule is C#CCN[C@@H]1CCc2c(O)cccc21. The first-order chi connectivity index (χ1) is 6.83. The molecule has 0 spiro atoms. The Kier molecular flexibility index (Phi) is 2.43. The molecule has 0 amide bonds. The van der Waals surface area contributed by atoms with Crippen molar-refractivity contribution in [3.05, 3.63) is 29.3 Å². The van der Waals surface area contributed by atoms with E-state index in [-0.39, 0.29) is 0 Å². The second-order valence-corrected chi connectivity index (χ2v) is 3.52. The third-order valence-electron chi connectivity index (χ3n) is 2.70. The number of phenols is 1. The predicted octanol–water partition coefficient (Wildman–Crippen LogP) is 1.60. The maximum Gasteiger partial charge on any atom is 0.119 e. The Bertz CT molecular complexity index is 378. The molecule has 72 valence electrons. The summed E-state index contributed by atoms with van der Waals surface area (Å²) >= 11 is 0. The average Bonchev–Trinajstić information content (AvgIpc) is 2.60. The van der Waals surface area contributed by atoms with Gasteiger partial charge in [0.1, 0.15) is 5.75 Å². The molecule has 1 atom stereocenters. The molecular formula is C12H13NO. The lowest BCUT2D eigenvalue weighted by Gasteiger charge is -2.11. The Morgan fingerprint density at radius 2 is 2.43 bits per heavy atom. The Morgan fingerprint density at radius 3 is 3.21 bits per heavy atom. The van der Waals surface area contributed by atoms with Gasteiger partial charge in [0.2, 0.25) is 0 Å². The molecule has 1 aliphatic carbocycles. The van der Waals surface area contributed by atoms with Gasteiger partial charge in [-0.25, -0.2) is 0 Å². The van der Waals surface area contributed by atoms with Gasteiger partial charge < -0.3 is 5.11 Å². The molecule has 1 aromatic carbocycles. The number of aromatic hydroxyl groups is 1. The van der Waals surface area contributed by atoms with Crippen molar-refractivity contribution in [1.29, 1.82) is 0 Å². The van der Waals surface area contributed by atoms with Crippen molar-refractivity contribution in [1.82, 2.24) is 5.32 Å². The van der Waals surface area contributed by atoms with Gasteiger partial charge in [-0.3, -0.25) is 5.32 Å². The molecule has 0 radical (unpaired) electrons. The summed E-state index contributed by atoms with van der Waals surface area (Å²) in [6.07, 6.45) is 7.15. The van der Waals surface area contributed by atoms with Crippen LogP contribution in [0.3, 0.4) is 0 Å². The molecule has 1 aromatic rings. The van der Waals surface area contributed by atoms with Crippen molar-refractivity contribution in [2.75, 3.05) is 6.54 Å². The van der Waals surface area contributed by atoms with Crippen molar-refractivity contribution in [3.63, 3.8) is 0 Å². The number of rotatable bonds is 2. The van der Waals surface area contributed by atoms with Crippen LogP contribution in [0.25, 0.3) is 0 Å². The van der Waals surface area contributed by atoms with E-state index >= 15 is 0 Å². The van der Waals surface area contributed by atoms with Gasteiger partial charge in [0.05, 0.1) is 6.54 Å². The van der Waals surface area contributed by atoms with E-state index in [0.29, 0.717) is 18.3 Å². The van der Waals surface area contributed by atoms with E-state index in [1.54, 1.807) is 6.07 Å². The number of fused-ring (bicyclic) bond motifs is 1. The smallest absolute Gasteiger partial charge is 0.119 e. The fourth-order valence-corrected chi connectivity index (χ4v) is 2.03. The summed E-state index contributed by atoms with van der Waals surface area (Å²) < 4.78 is 0. The van der Waals surface area contributed by atoms with Gasteiger partial charge in [0.25, 0.3) is 0 Å². The molecule has 2 nitrogen and oxygen atoms in total. The molecule has 0 fully saturated rings. The lowest BCUT2D eigenvalue weighted by atomic mass is 10.1. The monoisotopic (exact) mass is 187 g/mol. The topological polar surface area (TPSA) is 32.3 Å². The molecule has 0 aromatic heterocycles. The average molecular weight is 187 g/mol. The minimum absolute atomic E-state index is 0.313. The molecule has 0 saturated heterocycles. The van der Waals surface area contributed by atoms with E-state index < -0.39 is 0 Å². The third-order valence-corrected chi connectivity index (χ3v) is 2.70. The van der Waals surface area contributed by atoms with Crippen LogP contribution in [0.4, 0.5) is 0 Å². The molecular weight excluding hydrogens is 174 g/mol. The molecule has 14 heavy (non-hydrogen) atoms. The summed E-state index contributed by atoms with van der Waals surface area (Å²) in [5.41, 5.74) is 2.27. The van der Waals surface area contributed by atoms with Crippen molar-refractivity contribution >= 4 is 0 Å². The van der Waals surface area contributed by atoms with Gasteiger partial charge in [-0.1, -0.05) is 18.1 Å². The molecule has 2 rings (SSSR count). The first-order valence-electron chi connectivity index (χ1n) is 4.80. The number of phenolic OH excluding ortho intramolecular Hbond substituents is 1. The van der Waals surface area contributed by atoms with Crippen LogP contribution in [0.15, 0.2) is 18.2 Å². The Hall–Kier alpha value is -1.46. The van der Waals surface area contributed by atoms with E-state index in [4.69, 9.17) is 6.42 Å². The summed E-state index contributed by atoms with van der Waals surface area (Å²) in [5.74, 6) is 2.98. The van der Waals surface area contributed by atoms with E-state index in [2.05, 4.69) is 17.3 Å². The van der Waals surface area contributed by atoms with Crippen LogP contribution in [0, 0.1) is 12.3 Å². The first-order valence-corrected chi connectivity index (χ1v) is 4.80. The van der Waals surface area contributed by atoms with Crippen LogP contribution >= 0.6 is 0 Å². The highest BCUT2D eigenvalue weighted by molar-refractivity contribution is 5.44. The van der Waals surface area contributed by atoms with Gasteiger partial charge in [0.15, 0.2) is 0 Å². The summed E-state index contributed by atoms with van der Waals surface area (Å²) in [6, 6.07) is 5.98. The maximum atomic E-state index is 9.61. The van der Waals surface area contributed by atoms with Crippen molar-refractivity contribution in [2.45, 2.75) is 18.9 Å². The highest BCUT2D eigenvalue weighted by Crippen LogP contribution is 2.35. The number of benzene rings is 1. The predicted molar refractivity (Wildman–Crippen MR) is 56.0 cm³/mol. The summed E-state index contributed by atoms with van der Waals surface area (Å²) in [7, 11) is 0. The van der Waals surface area contributed by atoms with Gasteiger partial charge in [-0.05, 0) is 30.0 Å².